The average Bonchev–Trinajstić information content (AvgIpc) is 2.92. The maximum atomic E-state index is 10.9. The molecule has 1 spiro atoms. The van der Waals surface area contributed by atoms with Gasteiger partial charge in [-0.05, 0) is 30.5 Å². The molecule has 5 nitrogen and oxygen atoms in total. The first kappa shape index (κ1) is 14.4. The van der Waals surface area contributed by atoms with E-state index in [9.17, 15) is 4.79 Å². The Labute approximate surface area is 124 Å². The van der Waals surface area contributed by atoms with Crippen molar-refractivity contribution in [1.82, 2.24) is 0 Å². The number of nitrogens with one attached hydrogen (secondary N) is 1. The fourth-order valence-corrected chi connectivity index (χ4v) is 3.14. The van der Waals surface area contributed by atoms with Crippen LogP contribution in [0.4, 0.5) is 5.69 Å². The largest absolute Gasteiger partial charge is 0.382 e. The van der Waals surface area contributed by atoms with E-state index in [1.807, 2.05) is 24.3 Å². The van der Waals surface area contributed by atoms with Gasteiger partial charge < -0.3 is 20.5 Å². The monoisotopic (exact) mass is 290 g/mol. The molecule has 1 aliphatic carbocycles. The maximum Gasteiger partial charge on any atom is 0.221 e. The number of amides is 1. The highest BCUT2D eigenvalue weighted by molar-refractivity contribution is 5.76. The highest BCUT2D eigenvalue weighted by Gasteiger charge is 2.40. The number of anilines is 1. The van der Waals surface area contributed by atoms with E-state index in [1.54, 1.807) is 0 Å². The van der Waals surface area contributed by atoms with Crippen LogP contribution in [-0.4, -0.2) is 30.9 Å². The molecule has 1 aromatic rings. The number of nitrogens with two attached hydrogens (primary N) is 1. The predicted molar refractivity (Wildman–Crippen MR) is 79.9 cm³/mol. The molecule has 1 heterocycles. The molecule has 1 amide bonds. The summed E-state index contributed by atoms with van der Waals surface area (Å²) >= 11 is 0. The average molecular weight is 290 g/mol. The molecule has 0 atom stereocenters. The summed E-state index contributed by atoms with van der Waals surface area (Å²) in [4.78, 5) is 10.9. The summed E-state index contributed by atoms with van der Waals surface area (Å²) in [6.07, 6.45) is 4.28. The van der Waals surface area contributed by atoms with Crippen LogP contribution in [0, 0.1) is 0 Å². The SMILES string of the molecule is NC(=O)Cc1ccc(NC2CCC3(CC2)OCCO3)cc1. The molecule has 0 aromatic heterocycles. The van der Waals surface area contributed by atoms with Crippen LogP contribution in [0.1, 0.15) is 31.2 Å². The Morgan fingerprint density at radius 1 is 1.19 bits per heavy atom. The van der Waals surface area contributed by atoms with Gasteiger partial charge in [-0.1, -0.05) is 12.1 Å². The van der Waals surface area contributed by atoms with Crippen LogP contribution >= 0.6 is 0 Å². The summed E-state index contributed by atoms with van der Waals surface area (Å²) in [6.45, 7) is 1.44. The minimum absolute atomic E-state index is 0.293. The lowest BCUT2D eigenvalue weighted by Crippen LogP contribution is -2.39. The smallest absolute Gasteiger partial charge is 0.221 e. The molecule has 0 unspecified atom stereocenters. The van der Waals surface area contributed by atoms with Crippen LogP contribution in [0.2, 0.25) is 0 Å². The van der Waals surface area contributed by atoms with Crippen molar-refractivity contribution >= 4 is 11.6 Å². The molecule has 0 bridgehead atoms. The third-order valence-electron chi connectivity index (χ3n) is 4.26. The van der Waals surface area contributed by atoms with Gasteiger partial charge >= 0.3 is 0 Å². The Bertz CT molecular complexity index is 485. The quantitative estimate of drug-likeness (QED) is 0.887. The van der Waals surface area contributed by atoms with Gasteiger partial charge in [-0.3, -0.25) is 4.79 Å². The van der Waals surface area contributed by atoms with Gasteiger partial charge in [0.1, 0.15) is 0 Å². The van der Waals surface area contributed by atoms with Crippen LogP contribution in [0.25, 0.3) is 0 Å². The van der Waals surface area contributed by atoms with Crippen molar-refractivity contribution in [3.63, 3.8) is 0 Å². The van der Waals surface area contributed by atoms with E-state index >= 15 is 0 Å². The Hall–Kier alpha value is -1.59. The summed E-state index contributed by atoms with van der Waals surface area (Å²) in [7, 11) is 0. The van der Waals surface area contributed by atoms with Crippen molar-refractivity contribution in [1.29, 1.82) is 0 Å². The molecule has 21 heavy (non-hydrogen) atoms. The summed E-state index contributed by atoms with van der Waals surface area (Å²) < 4.78 is 11.5. The molecule has 2 fully saturated rings. The standard InChI is InChI=1S/C16H22N2O3/c17-15(19)11-12-1-3-13(4-2-12)18-14-5-7-16(8-6-14)20-9-10-21-16/h1-4,14,18H,5-11H2,(H2,17,19). The zero-order chi connectivity index (χ0) is 14.7. The van der Waals surface area contributed by atoms with Crippen molar-refractivity contribution in [3.8, 4) is 0 Å². The van der Waals surface area contributed by atoms with Gasteiger partial charge in [0.25, 0.3) is 0 Å². The van der Waals surface area contributed by atoms with E-state index in [0.29, 0.717) is 12.5 Å². The lowest BCUT2D eigenvalue weighted by Gasteiger charge is -2.36. The third-order valence-corrected chi connectivity index (χ3v) is 4.26. The van der Waals surface area contributed by atoms with Crippen molar-refractivity contribution in [2.45, 2.75) is 43.9 Å². The van der Waals surface area contributed by atoms with E-state index in [-0.39, 0.29) is 11.7 Å². The molecule has 0 radical (unpaired) electrons. The molecule has 114 valence electrons. The Kier molecular flexibility index (Phi) is 4.12. The first-order valence-electron chi connectivity index (χ1n) is 7.57. The van der Waals surface area contributed by atoms with Crippen molar-refractivity contribution in [2.24, 2.45) is 5.73 Å². The number of carbonyl (C=O) groups excluding carboxylic acids is 1. The van der Waals surface area contributed by atoms with Crippen molar-refractivity contribution in [3.05, 3.63) is 29.8 Å². The van der Waals surface area contributed by atoms with Crippen LogP contribution in [0.3, 0.4) is 0 Å². The number of rotatable bonds is 4. The number of ether oxygens (including phenoxy) is 2. The molecule has 1 aromatic carbocycles. The fourth-order valence-electron chi connectivity index (χ4n) is 3.14. The number of hydrogen-bond donors (Lipinski definition) is 2. The number of benzene rings is 1. The van der Waals surface area contributed by atoms with Crippen LogP contribution in [0.5, 0.6) is 0 Å². The van der Waals surface area contributed by atoms with Gasteiger partial charge in [-0.25, -0.2) is 0 Å². The second kappa shape index (κ2) is 6.03. The minimum Gasteiger partial charge on any atom is -0.382 e. The molecular formula is C16H22N2O3. The Morgan fingerprint density at radius 2 is 1.81 bits per heavy atom. The summed E-state index contributed by atoms with van der Waals surface area (Å²) in [5, 5.41) is 3.54. The van der Waals surface area contributed by atoms with Crippen LogP contribution in [-0.2, 0) is 20.7 Å². The number of carbonyl (C=O) groups is 1. The van der Waals surface area contributed by atoms with E-state index in [0.717, 1.165) is 50.1 Å². The van der Waals surface area contributed by atoms with Gasteiger partial charge in [0.05, 0.1) is 19.6 Å². The van der Waals surface area contributed by atoms with Gasteiger partial charge in [-0.2, -0.15) is 0 Å². The van der Waals surface area contributed by atoms with E-state index in [2.05, 4.69) is 5.32 Å². The zero-order valence-corrected chi connectivity index (χ0v) is 12.1. The molecule has 1 aliphatic heterocycles. The van der Waals surface area contributed by atoms with E-state index in [1.165, 1.54) is 0 Å². The maximum absolute atomic E-state index is 10.9. The molecular weight excluding hydrogens is 268 g/mol. The number of primary amides is 1. The highest BCUT2D eigenvalue weighted by Crippen LogP contribution is 2.36. The van der Waals surface area contributed by atoms with Gasteiger partial charge in [0.15, 0.2) is 5.79 Å². The fraction of sp³-hybridized carbons (Fsp3) is 0.562. The zero-order valence-electron chi connectivity index (χ0n) is 12.1. The first-order valence-corrected chi connectivity index (χ1v) is 7.57. The Morgan fingerprint density at radius 3 is 2.38 bits per heavy atom. The van der Waals surface area contributed by atoms with Crippen LogP contribution < -0.4 is 11.1 Å². The minimum atomic E-state index is -0.302. The Balaban J connectivity index is 1.52. The first-order chi connectivity index (χ1) is 10.2. The van der Waals surface area contributed by atoms with Crippen molar-refractivity contribution < 1.29 is 14.3 Å². The van der Waals surface area contributed by atoms with Gasteiger partial charge in [0.2, 0.25) is 5.91 Å². The molecule has 5 heteroatoms. The normalized spacial score (nSPS) is 21.5. The van der Waals surface area contributed by atoms with E-state index < -0.39 is 0 Å². The predicted octanol–water partition coefficient (Wildman–Crippen LogP) is 1.81. The third kappa shape index (κ3) is 3.54. The van der Waals surface area contributed by atoms with Crippen molar-refractivity contribution in [2.75, 3.05) is 18.5 Å². The lowest BCUT2D eigenvalue weighted by atomic mass is 9.90. The topological polar surface area (TPSA) is 73.6 Å². The summed E-state index contributed by atoms with van der Waals surface area (Å²) in [5.41, 5.74) is 7.22. The lowest BCUT2D eigenvalue weighted by molar-refractivity contribution is -0.177. The molecule has 3 N–H and O–H groups in total. The molecule has 3 rings (SSSR count). The van der Waals surface area contributed by atoms with Crippen LogP contribution in [0.15, 0.2) is 24.3 Å². The summed E-state index contributed by atoms with van der Waals surface area (Å²) in [5.74, 6) is -0.603. The second-order valence-corrected chi connectivity index (χ2v) is 5.87. The second-order valence-electron chi connectivity index (χ2n) is 5.87. The highest BCUT2D eigenvalue weighted by atomic mass is 16.7. The molecule has 1 saturated carbocycles. The van der Waals surface area contributed by atoms with E-state index in [4.69, 9.17) is 15.2 Å². The summed E-state index contributed by atoms with van der Waals surface area (Å²) in [6, 6.07) is 8.35. The van der Waals surface area contributed by atoms with Gasteiger partial charge in [0, 0.05) is 24.6 Å². The molecule has 1 saturated heterocycles. The number of hydrogen-bond acceptors (Lipinski definition) is 4. The van der Waals surface area contributed by atoms with Gasteiger partial charge in [-0.15, -0.1) is 0 Å². The molecule has 2 aliphatic rings.